The minimum absolute atomic E-state index is 0.0591. The van der Waals surface area contributed by atoms with Crippen molar-refractivity contribution in [3.63, 3.8) is 0 Å². The molecule has 1 aliphatic rings. The number of fused-ring (bicyclic) bond motifs is 1. The number of nitrogens with two attached hydrogens (primary N) is 1. The summed E-state index contributed by atoms with van der Waals surface area (Å²) in [7, 11) is 0. The zero-order valence-electron chi connectivity index (χ0n) is 16.0. The summed E-state index contributed by atoms with van der Waals surface area (Å²) >= 11 is 0. The number of carboxylic acids is 1. The molecule has 4 rings (SSSR count). The molecule has 1 fully saturated rings. The summed E-state index contributed by atoms with van der Waals surface area (Å²) in [5, 5.41) is 12.5. The minimum atomic E-state index is -1.36. The van der Waals surface area contributed by atoms with Crippen LogP contribution >= 0.6 is 0 Å². The Labute approximate surface area is 166 Å². The van der Waals surface area contributed by atoms with E-state index in [2.05, 4.69) is 17.4 Å². The first-order valence-corrected chi connectivity index (χ1v) is 9.62. The number of carbonyl (C=O) groups is 1. The number of aromatic nitrogens is 1. The highest BCUT2D eigenvalue weighted by Gasteiger charge is 2.33. The van der Waals surface area contributed by atoms with E-state index in [1.807, 2.05) is 25.1 Å². The molecule has 0 spiro atoms. The lowest BCUT2D eigenvalue weighted by Gasteiger charge is -2.38. The second-order valence-electron chi connectivity index (χ2n) is 7.35. The van der Waals surface area contributed by atoms with Crippen LogP contribution in [0.4, 0.5) is 15.8 Å². The molecule has 3 aromatic rings. The van der Waals surface area contributed by atoms with Crippen molar-refractivity contribution in [1.29, 1.82) is 0 Å². The third-order valence-electron chi connectivity index (χ3n) is 5.76. The smallest absolute Gasteiger partial charge is 0.341 e. The van der Waals surface area contributed by atoms with Crippen molar-refractivity contribution in [2.75, 3.05) is 11.1 Å². The number of nitrogen functional groups attached to an aromatic ring is 1. The summed E-state index contributed by atoms with van der Waals surface area (Å²) in [4.78, 5) is 24.0. The number of pyridine rings is 1. The Kier molecular flexibility index (Phi) is 4.74. The zero-order chi connectivity index (χ0) is 20.7. The van der Waals surface area contributed by atoms with Crippen molar-refractivity contribution < 1.29 is 14.3 Å². The van der Waals surface area contributed by atoms with E-state index < -0.39 is 22.8 Å². The third kappa shape index (κ3) is 3.12. The number of carboxylic acid groups (broad SMARTS) is 1. The predicted octanol–water partition coefficient (Wildman–Crippen LogP) is 3.80. The molecule has 1 aliphatic carbocycles. The molecule has 1 unspecified atom stereocenters. The molecule has 6 nitrogen and oxygen atoms in total. The number of rotatable bonds is 5. The van der Waals surface area contributed by atoms with Crippen LogP contribution in [0.1, 0.15) is 41.6 Å². The van der Waals surface area contributed by atoms with Crippen LogP contribution < -0.4 is 16.5 Å². The van der Waals surface area contributed by atoms with Crippen LogP contribution in [0.2, 0.25) is 0 Å². The van der Waals surface area contributed by atoms with Gasteiger partial charge in [0.2, 0.25) is 5.43 Å². The minimum Gasteiger partial charge on any atom is -0.477 e. The SMILES string of the molecule is CCn1cc(C(=O)O)c(=O)c2c(N)c(F)c(N[C@@H]3CCC3c3ccccc3)cc21. The maximum atomic E-state index is 15.0. The van der Waals surface area contributed by atoms with Crippen LogP contribution in [0.3, 0.4) is 0 Å². The fourth-order valence-electron chi connectivity index (χ4n) is 4.04. The summed E-state index contributed by atoms with van der Waals surface area (Å²) in [6.45, 7) is 2.23. The number of hydrogen-bond acceptors (Lipinski definition) is 4. The van der Waals surface area contributed by atoms with Crippen LogP contribution in [0.5, 0.6) is 0 Å². The molecule has 1 heterocycles. The lowest BCUT2D eigenvalue weighted by atomic mass is 9.75. The predicted molar refractivity (Wildman–Crippen MR) is 111 cm³/mol. The maximum absolute atomic E-state index is 15.0. The third-order valence-corrected chi connectivity index (χ3v) is 5.76. The molecular weight excluding hydrogens is 373 g/mol. The molecule has 0 saturated heterocycles. The van der Waals surface area contributed by atoms with Crippen LogP contribution in [0.25, 0.3) is 10.9 Å². The molecule has 2 aromatic carbocycles. The molecule has 0 radical (unpaired) electrons. The van der Waals surface area contributed by atoms with Gasteiger partial charge in [-0.3, -0.25) is 4.79 Å². The number of halogens is 1. The van der Waals surface area contributed by atoms with Crippen molar-refractivity contribution in [3.05, 3.63) is 69.8 Å². The highest BCUT2D eigenvalue weighted by atomic mass is 19.1. The fourth-order valence-corrected chi connectivity index (χ4v) is 4.04. The number of hydrogen-bond donors (Lipinski definition) is 3. The van der Waals surface area contributed by atoms with Gasteiger partial charge in [-0.05, 0) is 31.4 Å². The van der Waals surface area contributed by atoms with E-state index in [9.17, 15) is 14.7 Å². The standard InChI is InChI=1S/C22H22FN3O3/c1-2-26-11-14(22(28)29)21(27)18-17(26)10-16(19(23)20(18)24)25-15-9-8-13(15)12-6-4-3-5-7-12/h3-7,10-11,13,15,25H,2,8-9,24H2,1H3,(H,28,29)/t13?,15-/m1/s1. The number of anilines is 2. The van der Waals surface area contributed by atoms with E-state index in [0.717, 1.165) is 12.8 Å². The molecule has 0 amide bonds. The Morgan fingerprint density at radius 1 is 1.31 bits per heavy atom. The Morgan fingerprint density at radius 3 is 2.62 bits per heavy atom. The van der Waals surface area contributed by atoms with E-state index in [4.69, 9.17) is 5.73 Å². The van der Waals surface area contributed by atoms with Gasteiger partial charge in [0.15, 0.2) is 5.82 Å². The van der Waals surface area contributed by atoms with Gasteiger partial charge in [0.1, 0.15) is 5.56 Å². The normalized spacial score (nSPS) is 18.4. The van der Waals surface area contributed by atoms with Crippen molar-refractivity contribution in [2.24, 2.45) is 0 Å². The van der Waals surface area contributed by atoms with Gasteiger partial charge in [-0.2, -0.15) is 0 Å². The van der Waals surface area contributed by atoms with Crippen LogP contribution in [-0.2, 0) is 6.54 Å². The van der Waals surface area contributed by atoms with Crippen LogP contribution in [0, 0.1) is 5.82 Å². The number of benzene rings is 2. The van der Waals surface area contributed by atoms with E-state index in [-0.39, 0.29) is 28.7 Å². The molecule has 4 N–H and O–H groups in total. The summed E-state index contributed by atoms with van der Waals surface area (Å²) < 4.78 is 16.7. The lowest BCUT2D eigenvalue weighted by molar-refractivity contribution is 0.0695. The first kappa shape index (κ1) is 19.0. The van der Waals surface area contributed by atoms with Gasteiger partial charge in [0.25, 0.3) is 0 Å². The maximum Gasteiger partial charge on any atom is 0.341 e. The molecule has 29 heavy (non-hydrogen) atoms. The molecule has 150 valence electrons. The molecule has 0 aliphatic heterocycles. The molecular formula is C22H22FN3O3. The number of aromatic carboxylic acids is 1. The molecule has 1 aromatic heterocycles. The van der Waals surface area contributed by atoms with Gasteiger partial charge in [-0.15, -0.1) is 0 Å². The van der Waals surface area contributed by atoms with Crippen molar-refractivity contribution >= 4 is 28.2 Å². The summed E-state index contributed by atoms with van der Waals surface area (Å²) in [6, 6.07) is 11.7. The summed E-state index contributed by atoms with van der Waals surface area (Å²) in [5.74, 6) is -1.81. The monoisotopic (exact) mass is 395 g/mol. The van der Waals surface area contributed by atoms with Gasteiger partial charge < -0.3 is 20.7 Å². The number of nitrogens with one attached hydrogen (secondary N) is 1. The average molecular weight is 395 g/mol. The highest BCUT2D eigenvalue weighted by Crippen LogP contribution is 2.40. The Balaban J connectivity index is 1.79. The average Bonchev–Trinajstić information content (AvgIpc) is 2.69. The highest BCUT2D eigenvalue weighted by molar-refractivity contribution is 5.99. The fraction of sp³-hybridized carbons (Fsp3) is 0.273. The summed E-state index contributed by atoms with van der Waals surface area (Å²) in [5.41, 5.74) is 6.29. The Hall–Kier alpha value is -3.35. The van der Waals surface area contributed by atoms with Gasteiger partial charge in [0.05, 0.1) is 22.3 Å². The summed E-state index contributed by atoms with van der Waals surface area (Å²) in [6.07, 6.45) is 3.19. The van der Waals surface area contributed by atoms with Gasteiger partial charge >= 0.3 is 5.97 Å². The van der Waals surface area contributed by atoms with E-state index in [1.165, 1.54) is 11.8 Å². The van der Waals surface area contributed by atoms with Gasteiger partial charge in [0, 0.05) is 24.7 Å². The van der Waals surface area contributed by atoms with E-state index in [0.29, 0.717) is 12.1 Å². The number of aryl methyl sites for hydroxylation is 1. The van der Waals surface area contributed by atoms with Crippen molar-refractivity contribution in [3.8, 4) is 0 Å². The second kappa shape index (κ2) is 7.24. The van der Waals surface area contributed by atoms with Crippen molar-refractivity contribution in [1.82, 2.24) is 4.57 Å². The van der Waals surface area contributed by atoms with Crippen LogP contribution in [-0.4, -0.2) is 21.7 Å². The lowest BCUT2D eigenvalue weighted by Crippen LogP contribution is -2.36. The zero-order valence-corrected chi connectivity index (χ0v) is 16.0. The van der Waals surface area contributed by atoms with E-state index in [1.54, 1.807) is 10.6 Å². The molecule has 2 atom stereocenters. The van der Waals surface area contributed by atoms with E-state index >= 15 is 4.39 Å². The Bertz CT molecular complexity index is 1160. The number of nitrogens with zero attached hydrogens (tertiary/aromatic N) is 1. The first-order valence-electron chi connectivity index (χ1n) is 9.62. The van der Waals surface area contributed by atoms with Gasteiger partial charge in [-0.25, -0.2) is 9.18 Å². The topological polar surface area (TPSA) is 97.4 Å². The second-order valence-corrected chi connectivity index (χ2v) is 7.35. The largest absolute Gasteiger partial charge is 0.477 e. The molecule has 1 saturated carbocycles. The first-order chi connectivity index (χ1) is 13.9. The molecule has 0 bridgehead atoms. The van der Waals surface area contributed by atoms with Crippen molar-refractivity contribution in [2.45, 2.75) is 38.3 Å². The Morgan fingerprint density at radius 2 is 2.03 bits per heavy atom. The molecule has 7 heteroatoms. The quantitative estimate of drug-likeness (QED) is 0.571. The van der Waals surface area contributed by atoms with Crippen LogP contribution in [0.15, 0.2) is 47.4 Å². The van der Waals surface area contributed by atoms with Gasteiger partial charge in [-0.1, -0.05) is 30.3 Å².